The van der Waals surface area contributed by atoms with Gasteiger partial charge in [-0.3, -0.25) is 14.5 Å². The molecule has 1 fully saturated rings. The van der Waals surface area contributed by atoms with Gasteiger partial charge in [0.15, 0.2) is 0 Å². The first-order valence-electron chi connectivity index (χ1n) is 9.29. The van der Waals surface area contributed by atoms with Gasteiger partial charge in [-0.05, 0) is 55.0 Å². The van der Waals surface area contributed by atoms with E-state index in [0.29, 0.717) is 12.2 Å². The number of carbonyl (C=O) groups is 1. The van der Waals surface area contributed by atoms with Crippen LogP contribution in [0.2, 0.25) is 0 Å². The number of hydrogen-bond acceptors (Lipinski definition) is 4. The standard InChI is InChI=1S/C21H24N4O2/c1-14-17-11-19(22-12-15(17)6-7-20(14)27-3)16-5-4-9-25(13-16)21(26)18-8-10-24(2)23-18/h6-8,10-12,16H,4-5,9,13H2,1-3H3/t16-/m0/s1. The van der Waals surface area contributed by atoms with Gasteiger partial charge in [0.2, 0.25) is 0 Å². The molecule has 0 N–H and O–H groups in total. The summed E-state index contributed by atoms with van der Waals surface area (Å²) in [7, 11) is 3.52. The number of ether oxygens (including phenoxy) is 1. The molecule has 0 bridgehead atoms. The number of methoxy groups -OCH3 is 1. The Bertz CT molecular complexity index is 995. The monoisotopic (exact) mass is 364 g/mol. The van der Waals surface area contributed by atoms with E-state index in [1.54, 1.807) is 24.1 Å². The highest BCUT2D eigenvalue weighted by atomic mass is 16.5. The van der Waals surface area contributed by atoms with Crippen LogP contribution in [0.25, 0.3) is 10.8 Å². The molecule has 6 heteroatoms. The molecule has 0 spiro atoms. The molecule has 1 aliphatic rings. The summed E-state index contributed by atoms with van der Waals surface area (Å²) in [5.74, 6) is 1.12. The predicted octanol–water partition coefficient (Wildman–Crippen LogP) is 3.31. The minimum atomic E-state index is -0.000982. The molecule has 2 aromatic heterocycles. The summed E-state index contributed by atoms with van der Waals surface area (Å²) in [6, 6.07) is 7.95. The summed E-state index contributed by atoms with van der Waals surface area (Å²) in [4.78, 5) is 19.4. The van der Waals surface area contributed by atoms with E-state index in [1.165, 1.54) is 0 Å². The number of nitrogens with zero attached hydrogens (tertiary/aromatic N) is 4. The molecule has 1 atom stereocenters. The van der Waals surface area contributed by atoms with E-state index in [-0.39, 0.29) is 11.8 Å². The fourth-order valence-corrected chi connectivity index (χ4v) is 3.90. The van der Waals surface area contributed by atoms with E-state index < -0.39 is 0 Å². The Morgan fingerprint density at radius 3 is 2.89 bits per heavy atom. The highest BCUT2D eigenvalue weighted by molar-refractivity contribution is 5.92. The van der Waals surface area contributed by atoms with Gasteiger partial charge in [0.1, 0.15) is 11.4 Å². The van der Waals surface area contributed by atoms with Gasteiger partial charge < -0.3 is 9.64 Å². The van der Waals surface area contributed by atoms with Crippen LogP contribution in [0.15, 0.2) is 36.7 Å². The Labute approximate surface area is 158 Å². The summed E-state index contributed by atoms with van der Waals surface area (Å²) in [6.07, 6.45) is 5.74. The summed E-state index contributed by atoms with van der Waals surface area (Å²) in [5.41, 5.74) is 2.67. The Morgan fingerprint density at radius 1 is 1.30 bits per heavy atom. The topological polar surface area (TPSA) is 60.2 Å². The van der Waals surface area contributed by atoms with Crippen molar-refractivity contribution in [1.29, 1.82) is 0 Å². The average molecular weight is 364 g/mol. The molecule has 6 nitrogen and oxygen atoms in total. The molecule has 4 rings (SSSR count). The number of hydrogen-bond donors (Lipinski definition) is 0. The lowest BCUT2D eigenvalue weighted by molar-refractivity contribution is 0.0699. The van der Waals surface area contributed by atoms with Crippen LogP contribution in [-0.2, 0) is 7.05 Å². The van der Waals surface area contributed by atoms with Gasteiger partial charge in [-0.1, -0.05) is 0 Å². The number of carbonyl (C=O) groups excluding carboxylic acids is 1. The Kier molecular flexibility index (Phi) is 4.56. The lowest BCUT2D eigenvalue weighted by Crippen LogP contribution is -2.39. The van der Waals surface area contributed by atoms with Crippen molar-refractivity contribution in [1.82, 2.24) is 19.7 Å². The second kappa shape index (κ2) is 7.02. The summed E-state index contributed by atoms with van der Waals surface area (Å²) >= 11 is 0. The molecule has 1 aliphatic heterocycles. The van der Waals surface area contributed by atoms with Gasteiger partial charge in [0, 0.05) is 49.5 Å². The molecular formula is C21H24N4O2. The highest BCUT2D eigenvalue weighted by Gasteiger charge is 2.27. The molecule has 0 radical (unpaired) electrons. The maximum absolute atomic E-state index is 12.8. The minimum absolute atomic E-state index is 0.000982. The van der Waals surface area contributed by atoms with Crippen LogP contribution in [0, 0.1) is 6.92 Å². The number of pyridine rings is 1. The number of rotatable bonds is 3. The van der Waals surface area contributed by atoms with Crippen molar-refractivity contribution in [3.05, 3.63) is 53.6 Å². The zero-order valence-corrected chi connectivity index (χ0v) is 16.0. The van der Waals surface area contributed by atoms with Gasteiger partial charge in [-0.25, -0.2) is 0 Å². The lowest BCUT2D eigenvalue weighted by atomic mass is 9.92. The van der Waals surface area contributed by atoms with Crippen molar-refractivity contribution in [2.24, 2.45) is 7.05 Å². The van der Waals surface area contributed by atoms with E-state index in [4.69, 9.17) is 9.72 Å². The predicted molar refractivity (Wildman–Crippen MR) is 104 cm³/mol. The van der Waals surface area contributed by atoms with Crippen molar-refractivity contribution in [2.75, 3.05) is 20.2 Å². The number of piperidine rings is 1. The summed E-state index contributed by atoms with van der Waals surface area (Å²) < 4.78 is 7.12. The van der Waals surface area contributed by atoms with Crippen LogP contribution in [-0.4, -0.2) is 45.8 Å². The zero-order chi connectivity index (χ0) is 19.0. The number of benzene rings is 1. The van der Waals surface area contributed by atoms with E-state index in [9.17, 15) is 4.79 Å². The Morgan fingerprint density at radius 2 is 2.15 bits per heavy atom. The van der Waals surface area contributed by atoms with Crippen molar-refractivity contribution in [2.45, 2.75) is 25.7 Å². The second-order valence-corrected chi connectivity index (χ2v) is 7.19. The van der Waals surface area contributed by atoms with Crippen LogP contribution >= 0.6 is 0 Å². The second-order valence-electron chi connectivity index (χ2n) is 7.19. The van der Waals surface area contributed by atoms with E-state index in [2.05, 4.69) is 18.1 Å². The fraction of sp³-hybridized carbons (Fsp3) is 0.381. The van der Waals surface area contributed by atoms with Crippen molar-refractivity contribution < 1.29 is 9.53 Å². The normalized spacial score (nSPS) is 17.3. The van der Waals surface area contributed by atoms with Crippen molar-refractivity contribution in [3.63, 3.8) is 0 Å². The highest BCUT2D eigenvalue weighted by Crippen LogP contribution is 2.31. The number of likely N-dealkylation sites (tertiary alicyclic amines) is 1. The molecule has 1 aromatic carbocycles. The molecule has 3 aromatic rings. The molecule has 1 saturated heterocycles. The van der Waals surface area contributed by atoms with Gasteiger partial charge in [-0.2, -0.15) is 5.10 Å². The first-order valence-corrected chi connectivity index (χ1v) is 9.29. The molecule has 140 valence electrons. The molecule has 27 heavy (non-hydrogen) atoms. The van der Waals surface area contributed by atoms with Crippen LogP contribution in [0.3, 0.4) is 0 Å². The van der Waals surface area contributed by atoms with Crippen molar-refractivity contribution in [3.8, 4) is 5.75 Å². The third kappa shape index (κ3) is 3.27. The van der Waals surface area contributed by atoms with Crippen molar-refractivity contribution >= 4 is 16.7 Å². The molecule has 0 aliphatic carbocycles. The van der Waals surface area contributed by atoms with Crippen LogP contribution in [0.5, 0.6) is 5.75 Å². The van der Waals surface area contributed by atoms with E-state index in [0.717, 1.165) is 47.2 Å². The van der Waals surface area contributed by atoms with Crippen LogP contribution in [0.1, 0.15) is 40.5 Å². The molecule has 1 amide bonds. The largest absolute Gasteiger partial charge is 0.496 e. The molecular weight excluding hydrogens is 340 g/mol. The van der Waals surface area contributed by atoms with Gasteiger partial charge in [0.05, 0.1) is 7.11 Å². The van der Waals surface area contributed by atoms with E-state index in [1.807, 2.05) is 30.3 Å². The quantitative estimate of drug-likeness (QED) is 0.715. The SMILES string of the molecule is COc1ccc2cnc([C@H]3CCCN(C(=O)c4ccn(C)n4)C3)cc2c1C. The maximum atomic E-state index is 12.8. The third-order valence-electron chi connectivity index (χ3n) is 5.42. The maximum Gasteiger partial charge on any atom is 0.274 e. The Hall–Kier alpha value is -2.89. The zero-order valence-electron chi connectivity index (χ0n) is 16.0. The minimum Gasteiger partial charge on any atom is -0.496 e. The fourth-order valence-electron chi connectivity index (χ4n) is 3.90. The number of amides is 1. The summed E-state index contributed by atoms with van der Waals surface area (Å²) in [5, 5.41) is 6.52. The number of fused-ring (bicyclic) bond motifs is 1. The van der Waals surface area contributed by atoms with Gasteiger partial charge >= 0.3 is 0 Å². The lowest BCUT2D eigenvalue weighted by Gasteiger charge is -2.32. The number of aryl methyl sites for hydroxylation is 2. The smallest absolute Gasteiger partial charge is 0.274 e. The molecule has 3 heterocycles. The number of aromatic nitrogens is 3. The van der Waals surface area contributed by atoms with Crippen LogP contribution in [0.4, 0.5) is 0 Å². The molecule has 0 unspecified atom stereocenters. The Balaban J connectivity index is 1.61. The summed E-state index contributed by atoms with van der Waals surface area (Å²) in [6.45, 7) is 3.52. The van der Waals surface area contributed by atoms with Gasteiger partial charge in [0.25, 0.3) is 5.91 Å². The van der Waals surface area contributed by atoms with Crippen LogP contribution < -0.4 is 4.74 Å². The molecule has 0 saturated carbocycles. The third-order valence-corrected chi connectivity index (χ3v) is 5.42. The first-order chi connectivity index (χ1) is 13.1. The van der Waals surface area contributed by atoms with E-state index >= 15 is 0 Å². The van der Waals surface area contributed by atoms with Gasteiger partial charge in [-0.15, -0.1) is 0 Å². The average Bonchev–Trinajstić information content (AvgIpc) is 3.14. The first kappa shape index (κ1) is 17.5.